The van der Waals surface area contributed by atoms with Crippen LogP contribution in [0.25, 0.3) is 0 Å². The Labute approximate surface area is 138 Å². The van der Waals surface area contributed by atoms with E-state index in [9.17, 15) is 9.90 Å². The molecule has 0 aromatic heterocycles. The number of morpholine rings is 1. The number of carbonyl (C=O) groups excluding carboxylic acids is 1. The third-order valence-corrected chi connectivity index (χ3v) is 4.13. The molecule has 1 saturated heterocycles. The molecular formula is C18H26NO4-. The summed E-state index contributed by atoms with van der Waals surface area (Å²) in [5.74, 6) is -0.238. The van der Waals surface area contributed by atoms with Crippen LogP contribution in [0.15, 0.2) is 18.2 Å². The van der Waals surface area contributed by atoms with Crippen molar-refractivity contribution in [2.24, 2.45) is 0 Å². The van der Waals surface area contributed by atoms with Gasteiger partial charge in [-0.1, -0.05) is 26.0 Å². The van der Waals surface area contributed by atoms with Gasteiger partial charge in [-0.3, -0.25) is 4.90 Å². The van der Waals surface area contributed by atoms with Crippen molar-refractivity contribution in [3.8, 4) is 5.75 Å². The molecule has 128 valence electrons. The van der Waals surface area contributed by atoms with Gasteiger partial charge < -0.3 is 19.4 Å². The van der Waals surface area contributed by atoms with Gasteiger partial charge in [0.2, 0.25) is 0 Å². The summed E-state index contributed by atoms with van der Waals surface area (Å²) in [5.41, 5.74) is 2.07. The summed E-state index contributed by atoms with van der Waals surface area (Å²) in [6.07, 6.45) is -0.523. The summed E-state index contributed by atoms with van der Waals surface area (Å²) in [5, 5.41) is 11.5. The molecule has 1 aliphatic heterocycles. The summed E-state index contributed by atoms with van der Waals surface area (Å²) in [4.78, 5) is 13.7. The van der Waals surface area contributed by atoms with Gasteiger partial charge in [-0.25, -0.2) is 0 Å². The van der Waals surface area contributed by atoms with Crippen LogP contribution in [-0.4, -0.2) is 49.8 Å². The number of hydrogen-bond donors (Lipinski definition) is 0. The molecule has 2 rings (SSSR count). The second kappa shape index (κ2) is 8.31. The molecule has 23 heavy (non-hydrogen) atoms. The summed E-state index contributed by atoms with van der Waals surface area (Å²) in [7, 11) is 0. The third kappa shape index (κ3) is 5.22. The van der Waals surface area contributed by atoms with Crippen molar-refractivity contribution in [2.45, 2.75) is 39.2 Å². The van der Waals surface area contributed by atoms with Gasteiger partial charge in [-0.2, -0.15) is 0 Å². The molecular weight excluding hydrogens is 294 g/mol. The first kappa shape index (κ1) is 17.8. The van der Waals surface area contributed by atoms with Crippen LogP contribution in [0.3, 0.4) is 0 Å². The van der Waals surface area contributed by atoms with E-state index in [1.807, 2.05) is 25.1 Å². The number of rotatable bonds is 7. The fourth-order valence-corrected chi connectivity index (χ4v) is 2.72. The zero-order chi connectivity index (χ0) is 16.8. The maximum absolute atomic E-state index is 11.5. The van der Waals surface area contributed by atoms with Crippen LogP contribution < -0.4 is 9.84 Å². The second-order valence-electron chi connectivity index (χ2n) is 6.36. The van der Waals surface area contributed by atoms with Crippen molar-refractivity contribution in [2.75, 3.05) is 32.8 Å². The lowest BCUT2D eigenvalue weighted by molar-refractivity contribution is -0.314. The third-order valence-electron chi connectivity index (χ3n) is 4.13. The van der Waals surface area contributed by atoms with Crippen LogP contribution in [0.2, 0.25) is 0 Å². The van der Waals surface area contributed by atoms with Crippen molar-refractivity contribution in [1.82, 2.24) is 4.90 Å². The molecule has 0 spiro atoms. The summed E-state index contributed by atoms with van der Waals surface area (Å²) >= 11 is 0. The number of aliphatic carboxylic acids is 1. The van der Waals surface area contributed by atoms with Gasteiger partial charge in [0.05, 0.1) is 19.2 Å². The first-order valence-corrected chi connectivity index (χ1v) is 8.25. The van der Waals surface area contributed by atoms with E-state index < -0.39 is 12.1 Å². The molecule has 1 atom stereocenters. The maximum atomic E-state index is 11.5. The van der Waals surface area contributed by atoms with Crippen molar-refractivity contribution in [1.29, 1.82) is 0 Å². The Morgan fingerprint density at radius 3 is 2.65 bits per heavy atom. The average Bonchev–Trinajstić information content (AvgIpc) is 2.51. The predicted octanol–water partition coefficient (Wildman–Crippen LogP) is 1.34. The molecule has 0 bridgehead atoms. The second-order valence-corrected chi connectivity index (χ2v) is 6.36. The van der Waals surface area contributed by atoms with Crippen LogP contribution in [0.1, 0.15) is 37.3 Å². The normalized spacial score (nSPS) is 17.2. The van der Waals surface area contributed by atoms with Gasteiger partial charge in [0.1, 0.15) is 11.9 Å². The highest BCUT2D eigenvalue weighted by molar-refractivity contribution is 5.70. The monoisotopic (exact) mass is 320 g/mol. The molecule has 0 aliphatic carbocycles. The zero-order valence-electron chi connectivity index (χ0n) is 14.2. The van der Waals surface area contributed by atoms with Gasteiger partial charge in [0.15, 0.2) is 0 Å². The highest BCUT2D eigenvalue weighted by Gasteiger charge is 2.18. The van der Waals surface area contributed by atoms with E-state index in [0.29, 0.717) is 31.9 Å². The fraction of sp³-hybridized carbons (Fsp3) is 0.611. The quantitative estimate of drug-likeness (QED) is 0.759. The predicted molar refractivity (Wildman–Crippen MR) is 86.6 cm³/mol. The van der Waals surface area contributed by atoms with E-state index in [2.05, 4.69) is 18.7 Å². The number of benzene rings is 1. The minimum absolute atomic E-state index is 0.271. The van der Waals surface area contributed by atoms with Crippen LogP contribution in [0, 0.1) is 6.92 Å². The number of ether oxygens (including phenoxy) is 2. The van der Waals surface area contributed by atoms with E-state index >= 15 is 0 Å². The van der Waals surface area contributed by atoms with E-state index in [1.54, 1.807) is 0 Å². The van der Waals surface area contributed by atoms with Crippen LogP contribution in [0.4, 0.5) is 0 Å². The van der Waals surface area contributed by atoms with Crippen molar-refractivity contribution in [3.63, 3.8) is 0 Å². The van der Waals surface area contributed by atoms with Gasteiger partial charge in [-0.15, -0.1) is 0 Å². The zero-order valence-corrected chi connectivity index (χ0v) is 14.2. The van der Waals surface area contributed by atoms with Crippen LogP contribution in [0.5, 0.6) is 5.75 Å². The minimum atomic E-state index is -1.16. The Morgan fingerprint density at radius 1 is 1.35 bits per heavy atom. The molecule has 1 fully saturated rings. The maximum Gasteiger partial charge on any atom is 0.139 e. The van der Waals surface area contributed by atoms with Gasteiger partial charge in [0, 0.05) is 26.1 Å². The molecule has 0 amide bonds. The van der Waals surface area contributed by atoms with Gasteiger partial charge in [-0.05, 0) is 30.0 Å². The highest BCUT2D eigenvalue weighted by atomic mass is 16.5. The number of carbonyl (C=O) groups is 1. The van der Waals surface area contributed by atoms with E-state index in [1.165, 1.54) is 0 Å². The smallest absolute Gasteiger partial charge is 0.139 e. The van der Waals surface area contributed by atoms with Gasteiger partial charge in [0.25, 0.3) is 0 Å². The average molecular weight is 320 g/mol. The summed E-state index contributed by atoms with van der Waals surface area (Å²) in [6, 6.07) is 5.92. The lowest BCUT2D eigenvalue weighted by atomic mass is 10.0. The Balaban J connectivity index is 2.04. The topological polar surface area (TPSA) is 61.8 Å². The Hall–Kier alpha value is -1.59. The minimum Gasteiger partial charge on any atom is -0.546 e. The summed E-state index contributed by atoms with van der Waals surface area (Å²) < 4.78 is 11.1. The fourth-order valence-electron chi connectivity index (χ4n) is 2.72. The van der Waals surface area contributed by atoms with Crippen molar-refractivity contribution >= 4 is 5.97 Å². The number of nitrogens with zero attached hydrogens (tertiary/aromatic N) is 1. The highest BCUT2D eigenvalue weighted by Crippen LogP contribution is 2.28. The number of carboxylic acids is 1. The molecule has 1 aliphatic rings. The first-order chi connectivity index (χ1) is 11.0. The van der Waals surface area contributed by atoms with E-state index in [4.69, 9.17) is 9.47 Å². The molecule has 1 aromatic rings. The largest absolute Gasteiger partial charge is 0.546 e. The van der Waals surface area contributed by atoms with Crippen LogP contribution in [-0.2, 0) is 9.53 Å². The van der Waals surface area contributed by atoms with E-state index in [-0.39, 0.29) is 5.92 Å². The standard InChI is InChI=1S/C18H27NO4/c1-13(2)15-5-4-14(3)12-17(15)23-16(18(20)21)6-7-19-8-10-22-11-9-19/h4-5,12-13,16H,6-11H2,1-3H3,(H,20,21)/p-1. The Bertz CT molecular complexity index is 524. The summed E-state index contributed by atoms with van der Waals surface area (Å²) in [6.45, 7) is 9.85. The van der Waals surface area contributed by atoms with Crippen molar-refractivity contribution in [3.05, 3.63) is 29.3 Å². The molecule has 5 nitrogen and oxygen atoms in total. The molecule has 0 saturated carbocycles. The number of carboxylic acid groups (broad SMARTS) is 1. The van der Waals surface area contributed by atoms with E-state index in [0.717, 1.165) is 24.2 Å². The molecule has 1 unspecified atom stereocenters. The van der Waals surface area contributed by atoms with Gasteiger partial charge >= 0.3 is 0 Å². The van der Waals surface area contributed by atoms with Crippen molar-refractivity contribution < 1.29 is 19.4 Å². The Kier molecular flexibility index (Phi) is 6.42. The first-order valence-electron chi connectivity index (χ1n) is 8.25. The number of hydrogen-bond acceptors (Lipinski definition) is 5. The molecule has 0 radical (unpaired) electrons. The molecule has 0 N–H and O–H groups in total. The molecule has 5 heteroatoms. The lowest BCUT2D eigenvalue weighted by Crippen LogP contribution is -2.44. The number of aryl methyl sites for hydroxylation is 1. The molecule has 1 aromatic carbocycles. The van der Waals surface area contributed by atoms with Crippen LogP contribution >= 0.6 is 0 Å². The SMILES string of the molecule is Cc1ccc(C(C)C)c(OC(CCN2CCOCC2)C(=O)[O-])c1. The molecule has 1 heterocycles. The lowest BCUT2D eigenvalue weighted by Gasteiger charge is -2.29. The Morgan fingerprint density at radius 2 is 2.04 bits per heavy atom.